The first kappa shape index (κ1) is 10.9. The van der Waals surface area contributed by atoms with Crippen molar-refractivity contribution in [3.05, 3.63) is 28.5 Å². The van der Waals surface area contributed by atoms with E-state index >= 15 is 0 Å². The van der Waals surface area contributed by atoms with Crippen molar-refractivity contribution in [2.24, 2.45) is 5.92 Å². The second kappa shape index (κ2) is 4.50. The molecule has 0 amide bonds. The number of halogens is 1. The largest absolute Gasteiger partial charge is 0.372 e. The summed E-state index contributed by atoms with van der Waals surface area (Å²) >= 11 is 6.17. The Balaban J connectivity index is 2.21. The maximum absolute atomic E-state index is 6.17. The summed E-state index contributed by atoms with van der Waals surface area (Å²) in [6.07, 6.45) is 4.10. The predicted molar refractivity (Wildman–Crippen MR) is 61.1 cm³/mol. The van der Waals surface area contributed by atoms with Crippen LogP contribution in [0.4, 0.5) is 0 Å². The van der Waals surface area contributed by atoms with Crippen molar-refractivity contribution in [2.75, 3.05) is 6.61 Å². The summed E-state index contributed by atoms with van der Waals surface area (Å²) in [5, 5.41) is 0.731. The van der Waals surface area contributed by atoms with E-state index in [-0.39, 0.29) is 6.10 Å². The topological polar surface area (TPSA) is 22.1 Å². The first-order chi connectivity index (χ1) is 7.16. The third kappa shape index (κ3) is 2.50. The molecule has 3 heteroatoms. The van der Waals surface area contributed by atoms with Gasteiger partial charge in [0.15, 0.2) is 0 Å². The predicted octanol–water partition coefficient (Wildman–Crippen LogP) is 3.53. The van der Waals surface area contributed by atoms with Crippen molar-refractivity contribution in [3.8, 4) is 0 Å². The van der Waals surface area contributed by atoms with E-state index in [1.807, 2.05) is 19.2 Å². The van der Waals surface area contributed by atoms with E-state index in [0.717, 1.165) is 35.7 Å². The molecule has 0 radical (unpaired) electrons. The van der Waals surface area contributed by atoms with E-state index in [2.05, 4.69) is 11.9 Å². The summed E-state index contributed by atoms with van der Waals surface area (Å²) in [6, 6.07) is 1.95. The van der Waals surface area contributed by atoms with Crippen LogP contribution in [0.3, 0.4) is 0 Å². The number of aromatic nitrogens is 1. The minimum Gasteiger partial charge on any atom is -0.372 e. The van der Waals surface area contributed by atoms with Gasteiger partial charge in [-0.05, 0) is 37.3 Å². The molecule has 1 saturated heterocycles. The molecule has 2 nitrogen and oxygen atoms in total. The van der Waals surface area contributed by atoms with Gasteiger partial charge in [-0.25, -0.2) is 0 Å². The smallest absolute Gasteiger partial charge is 0.101 e. The maximum Gasteiger partial charge on any atom is 0.101 e. The van der Waals surface area contributed by atoms with E-state index in [9.17, 15) is 0 Å². The minimum atomic E-state index is 0.0850. The lowest BCUT2D eigenvalue weighted by molar-refractivity contribution is -0.00871. The molecule has 1 fully saturated rings. The van der Waals surface area contributed by atoms with Gasteiger partial charge in [0, 0.05) is 12.8 Å². The Morgan fingerprint density at radius 3 is 3.00 bits per heavy atom. The first-order valence-electron chi connectivity index (χ1n) is 5.40. The normalized spacial score (nSPS) is 26.6. The second-order valence-electron chi connectivity index (χ2n) is 4.37. The third-order valence-corrected chi connectivity index (χ3v) is 3.16. The Bertz CT molecular complexity index is 353. The molecular formula is C12H16ClNO. The van der Waals surface area contributed by atoms with Crippen LogP contribution in [0.15, 0.2) is 12.3 Å². The Labute approximate surface area is 95.6 Å². The molecular weight excluding hydrogens is 210 g/mol. The van der Waals surface area contributed by atoms with E-state index in [1.165, 1.54) is 0 Å². The molecule has 2 rings (SSSR count). The number of rotatable bonds is 1. The van der Waals surface area contributed by atoms with Crippen molar-refractivity contribution in [1.82, 2.24) is 4.98 Å². The van der Waals surface area contributed by atoms with Crippen molar-refractivity contribution >= 4 is 11.6 Å². The van der Waals surface area contributed by atoms with Crippen molar-refractivity contribution < 1.29 is 4.74 Å². The Morgan fingerprint density at radius 2 is 2.33 bits per heavy atom. The molecule has 1 aliphatic rings. The number of nitrogens with zero attached hydrogens (tertiary/aromatic N) is 1. The second-order valence-corrected chi connectivity index (χ2v) is 4.78. The van der Waals surface area contributed by atoms with E-state index in [4.69, 9.17) is 16.3 Å². The van der Waals surface area contributed by atoms with Gasteiger partial charge in [-0.1, -0.05) is 18.5 Å². The monoisotopic (exact) mass is 225 g/mol. The van der Waals surface area contributed by atoms with Gasteiger partial charge in [0.05, 0.1) is 10.7 Å². The molecule has 0 bridgehead atoms. The quantitative estimate of drug-likeness (QED) is 0.730. The average Bonchev–Trinajstić information content (AvgIpc) is 2.17. The van der Waals surface area contributed by atoms with E-state index in [1.54, 1.807) is 0 Å². The fourth-order valence-corrected chi connectivity index (χ4v) is 2.28. The molecule has 0 aromatic carbocycles. The molecule has 0 spiro atoms. The highest BCUT2D eigenvalue weighted by Crippen LogP contribution is 2.33. The highest BCUT2D eigenvalue weighted by molar-refractivity contribution is 6.31. The number of hydrogen-bond donors (Lipinski definition) is 0. The molecule has 0 saturated carbocycles. The summed E-state index contributed by atoms with van der Waals surface area (Å²) in [5.74, 6) is 0.697. The van der Waals surface area contributed by atoms with Crippen LogP contribution >= 0.6 is 11.6 Å². The molecule has 0 aliphatic carbocycles. The van der Waals surface area contributed by atoms with Gasteiger partial charge < -0.3 is 4.74 Å². The van der Waals surface area contributed by atoms with Gasteiger partial charge in [0.1, 0.15) is 6.10 Å². The summed E-state index contributed by atoms with van der Waals surface area (Å²) in [5.41, 5.74) is 1.99. The zero-order valence-electron chi connectivity index (χ0n) is 9.16. The zero-order valence-corrected chi connectivity index (χ0v) is 9.92. The molecule has 0 N–H and O–H groups in total. The first-order valence-corrected chi connectivity index (χ1v) is 5.78. The minimum absolute atomic E-state index is 0.0850. The Morgan fingerprint density at radius 1 is 1.53 bits per heavy atom. The fourth-order valence-electron chi connectivity index (χ4n) is 1.93. The van der Waals surface area contributed by atoms with Crippen LogP contribution in [0.1, 0.15) is 37.1 Å². The number of aryl methyl sites for hydroxylation is 1. The van der Waals surface area contributed by atoms with Gasteiger partial charge in [-0.15, -0.1) is 0 Å². The summed E-state index contributed by atoms with van der Waals surface area (Å²) in [4.78, 5) is 4.38. The highest BCUT2D eigenvalue weighted by Gasteiger charge is 2.23. The number of pyridine rings is 1. The molecule has 82 valence electrons. The van der Waals surface area contributed by atoms with Gasteiger partial charge in [-0.2, -0.15) is 0 Å². The lowest BCUT2D eigenvalue weighted by Crippen LogP contribution is -2.19. The highest BCUT2D eigenvalue weighted by atomic mass is 35.5. The van der Waals surface area contributed by atoms with E-state index < -0.39 is 0 Å². The van der Waals surface area contributed by atoms with Crippen LogP contribution < -0.4 is 0 Å². The molecule has 1 aromatic rings. The van der Waals surface area contributed by atoms with Crippen LogP contribution in [0.2, 0.25) is 5.02 Å². The van der Waals surface area contributed by atoms with Crippen LogP contribution in [0.25, 0.3) is 0 Å². The number of ether oxygens (including phenoxy) is 1. The van der Waals surface area contributed by atoms with Crippen LogP contribution in [-0.2, 0) is 4.74 Å². The van der Waals surface area contributed by atoms with Gasteiger partial charge in [0.2, 0.25) is 0 Å². The summed E-state index contributed by atoms with van der Waals surface area (Å²) in [7, 11) is 0. The van der Waals surface area contributed by atoms with Gasteiger partial charge >= 0.3 is 0 Å². The van der Waals surface area contributed by atoms with E-state index in [0.29, 0.717) is 5.92 Å². The molecule has 2 atom stereocenters. The summed E-state index contributed by atoms with van der Waals surface area (Å²) < 4.78 is 5.71. The lowest BCUT2D eigenvalue weighted by Gasteiger charge is -2.27. The molecule has 1 aliphatic heterocycles. The lowest BCUT2D eigenvalue weighted by atomic mass is 9.95. The Hall–Kier alpha value is -0.600. The van der Waals surface area contributed by atoms with Crippen molar-refractivity contribution in [3.63, 3.8) is 0 Å². The fraction of sp³-hybridized carbons (Fsp3) is 0.583. The Kier molecular flexibility index (Phi) is 3.27. The van der Waals surface area contributed by atoms with Gasteiger partial charge in [0.25, 0.3) is 0 Å². The van der Waals surface area contributed by atoms with Crippen LogP contribution in [0, 0.1) is 12.8 Å². The van der Waals surface area contributed by atoms with Crippen molar-refractivity contribution in [2.45, 2.75) is 32.8 Å². The maximum atomic E-state index is 6.17. The standard InChI is InChI=1S/C12H16ClNO/c1-8-3-4-15-11(6-8)12-10(13)5-9(2)7-14-12/h5,7-8,11H,3-4,6H2,1-2H3. The molecule has 1 aromatic heterocycles. The van der Waals surface area contributed by atoms with Gasteiger partial charge in [-0.3, -0.25) is 4.98 Å². The van der Waals surface area contributed by atoms with Crippen LogP contribution in [-0.4, -0.2) is 11.6 Å². The average molecular weight is 226 g/mol. The zero-order chi connectivity index (χ0) is 10.8. The SMILES string of the molecule is Cc1cnc(C2CC(C)CCO2)c(Cl)c1. The molecule has 15 heavy (non-hydrogen) atoms. The summed E-state index contributed by atoms with van der Waals surface area (Å²) in [6.45, 7) is 5.06. The third-order valence-electron chi connectivity index (χ3n) is 2.86. The molecule has 2 heterocycles. The molecule has 2 unspecified atom stereocenters. The number of hydrogen-bond acceptors (Lipinski definition) is 2. The van der Waals surface area contributed by atoms with Crippen molar-refractivity contribution in [1.29, 1.82) is 0 Å². The van der Waals surface area contributed by atoms with Crippen LogP contribution in [0.5, 0.6) is 0 Å².